The summed E-state index contributed by atoms with van der Waals surface area (Å²) in [6.45, 7) is 1.23. The molecule has 1 atom stereocenters. The number of rotatable bonds is 6. The van der Waals surface area contributed by atoms with E-state index in [9.17, 15) is 10.5 Å². The van der Waals surface area contributed by atoms with Gasteiger partial charge in [0.05, 0.1) is 0 Å². The molecule has 0 aliphatic carbocycles. The van der Waals surface area contributed by atoms with Crippen LogP contribution in [-0.2, 0) is 15.1 Å². The van der Waals surface area contributed by atoms with Crippen LogP contribution in [0, 0.1) is 22.7 Å². The molecule has 0 amide bonds. The van der Waals surface area contributed by atoms with Gasteiger partial charge in [-0.1, -0.05) is 37.3 Å². The zero-order valence-electron chi connectivity index (χ0n) is 10.9. The highest BCUT2D eigenvalue weighted by molar-refractivity contribution is 5.36. The number of benzene rings is 1. The fraction of sp³-hybridized carbons (Fsp3) is 0.429. The molecular formula is C14H15FN2O2. The molecule has 1 aromatic carbocycles. The first-order chi connectivity index (χ1) is 9.10. The third-order valence-electron chi connectivity index (χ3n) is 2.98. The van der Waals surface area contributed by atoms with Crippen molar-refractivity contribution in [1.29, 1.82) is 10.5 Å². The van der Waals surface area contributed by atoms with Gasteiger partial charge < -0.3 is 9.47 Å². The molecule has 100 valence electrons. The molecule has 0 aliphatic rings. The largest absolute Gasteiger partial charge is 0.359 e. The van der Waals surface area contributed by atoms with Crippen molar-refractivity contribution < 1.29 is 13.9 Å². The van der Waals surface area contributed by atoms with Gasteiger partial charge in [-0.25, -0.2) is 4.39 Å². The van der Waals surface area contributed by atoms with E-state index in [0.29, 0.717) is 0 Å². The van der Waals surface area contributed by atoms with Crippen molar-refractivity contribution in [1.82, 2.24) is 0 Å². The van der Waals surface area contributed by atoms with Crippen LogP contribution in [0.4, 0.5) is 4.39 Å². The summed E-state index contributed by atoms with van der Waals surface area (Å²) in [5, 5.41) is 18.5. The smallest absolute Gasteiger partial charge is 0.281 e. The number of nitrogens with zero attached hydrogens (tertiary/aromatic N) is 2. The SMILES string of the molecule is CC[C@](F)(c1ccccc1)C(C#N)(C#N)OCOC. The maximum absolute atomic E-state index is 15.3. The van der Waals surface area contributed by atoms with E-state index in [1.807, 2.05) is 0 Å². The Hall–Kier alpha value is -1.95. The van der Waals surface area contributed by atoms with Crippen LogP contribution in [0.25, 0.3) is 0 Å². The second kappa shape index (κ2) is 6.29. The number of hydrogen-bond acceptors (Lipinski definition) is 4. The maximum atomic E-state index is 15.3. The summed E-state index contributed by atoms with van der Waals surface area (Å²) in [7, 11) is 1.34. The first-order valence-corrected chi connectivity index (χ1v) is 5.80. The lowest BCUT2D eigenvalue weighted by atomic mass is 9.78. The van der Waals surface area contributed by atoms with Crippen LogP contribution in [0.5, 0.6) is 0 Å². The summed E-state index contributed by atoms with van der Waals surface area (Å²) in [6.07, 6.45) is -0.0676. The standard InChI is InChI=1S/C14H15FN2O2/c1-3-14(15,12-7-5-4-6-8-12)13(9-16,10-17)19-11-18-2/h4-8H,3,11H2,1-2H3/t14-/m0/s1. The van der Waals surface area contributed by atoms with Crippen LogP contribution in [0.3, 0.4) is 0 Å². The third kappa shape index (κ3) is 2.58. The first-order valence-electron chi connectivity index (χ1n) is 5.80. The summed E-state index contributed by atoms with van der Waals surface area (Å²) in [4.78, 5) is 0. The van der Waals surface area contributed by atoms with Gasteiger partial charge in [-0.15, -0.1) is 0 Å². The molecule has 0 saturated carbocycles. The highest BCUT2D eigenvalue weighted by Crippen LogP contribution is 2.42. The Kier molecular flexibility index (Phi) is 5.00. The molecule has 0 radical (unpaired) electrons. The molecule has 0 saturated heterocycles. The van der Waals surface area contributed by atoms with E-state index in [1.165, 1.54) is 19.2 Å². The van der Waals surface area contributed by atoms with Crippen LogP contribution in [0.2, 0.25) is 0 Å². The van der Waals surface area contributed by atoms with E-state index in [1.54, 1.807) is 37.3 Å². The van der Waals surface area contributed by atoms with Crippen molar-refractivity contribution in [2.75, 3.05) is 13.9 Å². The molecule has 5 heteroatoms. The lowest BCUT2D eigenvalue weighted by Gasteiger charge is -2.34. The normalized spacial score (nSPS) is 14.2. The number of methoxy groups -OCH3 is 1. The van der Waals surface area contributed by atoms with Crippen LogP contribution in [0.15, 0.2) is 30.3 Å². The molecule has 0 N–H and O–H groups in total. The molecule has 0 heterocycles. The van der Waals surface area contributed by atoms with Gasteiger partial charge in [0.1, 0.15) is 18.9 Å². The van der Waals surface area contributed by atoms with Crippen molar-refractivity contribution in [2.24, 2.45) is 0 Å². The van der Waals surface area contributed by atoms with Crippen LogP contribution >= 0.6 is 0 Å². The molecule has 0 fully saturated rings. The van der Waals surface area contributed by atoms with Crippen molar-refractivity contribution in [3.8, 4) is 12.1 Å². The molecule has 1 aromatic rings. The lowest BCUT2D eigenvalue weighted by molar-refractivity contribution is -0.144. The Balaban J connectivity index is 3.32. The molecule has 0 spiro atoms. The molecule has 0 unspecified atom stereocenters. The second-order valence-electron chi connectivity index (χ2n) is 3.98. The predicted octanol–water partition coefficient (Wildman–Crippen LogP) is 2.67. The summed E-state index contributed by atoms with van der Waals surface area (Å²) in [6, 6.07) is 11.4. The van der Waals surface area contributed by atoms with E-state index in [4.69, 9.17) is 4.74 Å². The van der Waals surface area contributed by atoms with E-state index in [0.717, 1.165) is 0 Å². The van der Waals surface area contributed by atoms with Gasteiger partial charge in [0.2, 0.25) is 0 Å². The number of ether oxygens (including phenoxy) is 2. The van der Waals surface area contributed by atoms with Crippen LogP contribution in [-0.4, -0.2) is 19.5 Å². The van der Waals surface area contributed by atoms with Crippen molar-refractivity contribution in [3.05, 3.63) is 35.9 Å². The predicted molar refractivity (Wildman–Crippen MR) is 66.4 cm³/mol. The molecule has 4 nitrogen and oxygen atoms in total. The van der Waals surface area contributed by atoms with Gasteiger partial charge in [0.15, 0.2) is 5.67 Å². The van der Waals surface area contributed by atoms with Crippen molar-refractivity contribution in [3.63, 3.8) is 0 Å². The van der Waals surface area contributed by atoms with E-state index < -0.39 is 11.3 Å². The fourth-order valence-electron chi connectivity index (χ4n) is 1.89. The second-order valence-corrected chi connectivity index (χ2v) is 3.98. The lowest BCUT2D eigenvalue weighted by Crippen LogP contribution is -2.49. The van der Waals surface area contributed by atoms with Gasteiger partial charge in [0, 0.05) is 7.11 Å². The monoisotopic (exact) mass is 262 g/mol. The summed E-state index contributed by atoms with van der Waals surface area (Å²) in [5.41, 5.74) is -4.23. The Morgan fingerprint density at radius 1 is 1.21 bits per heavy atom. The Labute approximate surface area is 112 Å². The first kappa shape index (κ1) is 15.1. The summed E-state index contributed by atoms with van der Waals surface area (Å²) < 4.78 is 25.0. The minimum absolute atomic E-state index is 0.0676. The molecule has 1 rings (SSSR count). The van der Waals surface area contributed by atoms with Gasteiger partial charge in [-0.3, -0.25) is 0 Å². The third-order valence-corrected chi connectivity index (χ3v) is 2.98. The zero-order valence-corrected chi connectivity index (χ0v) is 10.9. The van der Waals surface area contributed by atoms with Gasteiger partial charge in [-0.05, 0) is 12.0 Å². The minimum atomic E-state index is -2.24. The van der Waals surface area contributed by atoms with Gasteiger partial charge in [-0.2, -0.15) is 10.5 Å². The molecule has 0 aliphatic heterocycles. The number of hydrogen-bond donors (Lipinski definition) is 0. The van der Waals surface area contributed by atoms with Crippen molar-refractivity contribution >= 4 is 0 Å². The fourth-order valence-corrected chi connectivity index (χ4v) is 1.89. The quantitative estimate of drug-likeness (QED) is 0.739. The van der Waals surface area contributed by atoms with Gasteiger partial charge in [0.25, 0.3) is 5.60 Å². The maximum Gasteiger partial charge on any atom is 0.281 e. The molecule has 0 aromatic heterocycles. The minimum Gasteiger partial charge on any atom is -0.359 e. The zero-order chi connectivity index (χ0) is 14.4. The Morgan fingerprint density at radius 3 is 2.21 bits per heavy atom. The van der Waals surface area contributed by atoms with Crippen LogP contribution in [0.1, 0.15) is 18.9 Å². The van der Waals surface area contributed by atoms with Gasteiger partial charge >= 0.3 is 0 Å². The Morgan fingerprint density at radius 2 is 1.79 bits per heavy atom. The highest BCUT2D eigenvalue weighted by Gasteiger charge is 2.55. The van der Waals surface area contributed by atoms with E-state index in [2.05, 4.69) is 4.74 Å². The summed E-state index contributed by atoms with van der Waals surface area (Å²) in [5.74, 6) is 0. The molecule has 0 bridgehead atoms. The summed E-state index contributed by atoms with van der Waals surface area (Å²) >= 11 is 0. The number of alkyl halides is 1. The van der Waals surface area contributed by atoms with E-state index in [-0.39, 0.29) is 18.8 Å². The average Bonchev–Trinajstić information content (AvgIpc) is 2.49. The number of nitriles is 2. The molecule has 19 heavy (non-hydrogen) atoms. The Bertz CT molecular complexity index is 478. The molecular weight excluding hydrogens is 247 g/mol. The highest BCUT2D eigenvalue weighted by atomic mass is 19.1. The average molecular weight is 262 g/mol. The van der Waals surface area contributed by atoms with E-state index >= 15 is 4.39 Å². The van der Waals surface area contributed by atoms with Crippen molar-refractivity contribution in [2.45, 2.75) is 24.6 Å². The number of halogens is 1. The van der Waals surface area contributed by atoms with Crippen LogP contribution < -0.4 is 0 Å². The topological polar surface area (TPSA) is 66.0 Å².